The Labute approximate surface area is 203 Å². The molecule has 0 aromatic heterocycles. The molecule has 0 saturated carbocycles. The van der Waals surface area contributed by atoms with Gasteiger partial charge in [-0.2, -0.15) is 0 Å². The number of phenolic OH excluding ortho intramolecular Hbond substituents is 4. The standard InChI is InChI=1S/C23H24O13/c24-9-1-2-11(26)17-14(4-3-10(25)16(9)17)35-23-21(32)20(31)19(30)15(36-23)7-34-22(33)8-5-12(27)18(29)13(28)6-8/h3-6,11,15,19-21,23,25-32H,1-2,7H2/t11-,15+,19+,20-,21+,23+/m0/s1. The van der Waals surface area contributed by atoms with Crippen LogP contribution in [0.4, 0.5) is 0 Å². The molecule has 4 rings (SSSR count). The maximum absolute atomic E-state index is 12.3. The highest BCUT2D eigenvalue weighted by atomic mass is 16.7. The number of aliphatic hydroxyl groups is 4. The van der Waals surface area contributed by atoms with E-state index in [0.717, 1.165) is 18.2 Å². The summed E-state index contributed by atoms with van der Waals surface area (Å²) in [6.45, 7) is -0.666. The first kappa shape index (κ1) is 25.5. The number of rotatable bonds is 5. The number of carbonyl (C=O) groups is 2. The minimum atomic E-state index is -1.81. The molecular formula is C23H24O13. The molecule has 13 nitrogen and oxygen atoms in total. The summed E-state index contributed by atoms with van der Waals surface area (Å²) in [6, 6.07) is 4.07. The van der Waals surface area contributed by atoms with E-state index in [2.05, 4.69) is 0 Å². The number of carbonyl (C=O) groups excluding carboxylic acids is 2. The predicted molar refractivity (Wildman–Crippen MR) is 116 cm³/mol. The number of fused-ring (bicyclic) bond motifs is 1. The highest BCUT2D eigenvalue weighted by Crippen LogP contribution is 2.42. The van der Waals surface area contributed by atoms with E-state index < -0.39 is 72.4 Å². The van der Waals surface area contributed by atoms with E-state index in [4.69, 9.17) is 14.2 Å². The van der Waals surface area contributed by atoms with Crippen molar-refractivity contribution in [2.24, 2.45) is 0 Å². The van der Waals surface area contributed by atoms with Crippen LogP contribution in [0.3, 0.4) is 0 Å². The van der Waals surface area contributed by atoms with Gasteiger partial charge in [0, 0.05) is 12.0 Å². The average molecular weight is 508 g/mol. The predicted octanol–water partition coefficient (Wildman–Crippen LogP) is -0.438. The zero-order valence-electron chi connectivity index (χ0n) is 18.5. The highest BCUT2D eigenvalue weighted by Gasteiger charge is 2.46. The second kappa shape index (κ2) is 9.79. The number of aliphatic hydroxyl groups excluding tert-OH is 4. The molecule has 194 valence electrons. The minimum Gasteiger partial charge on any atom is -0.507 e. The molecule has 8 N–H and O–H groups in total. The molecule has 2 aromatic rings. The van der Waals surface area contributed by atoms with E-state index in [0.29, 0.717) is 0 Å². The Kier molecular flexibility index (Phi) is 6.93. The van der Waals surface area contributed by atoms with E-state index in [9.17, 15) is 50.4 Å². The average Bonchev–Trinajstić information content (AvgIpc) is 2.84. The number of phenols is 4. The highest BCUT2D eigenvalue weighted by molar-refractivity contribution is 6.01. The monoisotopic (exact) mass is 508 g/mol. The van der Waals surface area contributed by atoms with E-state index in [1.165, 1.54) is 6.07 Å². The lowest BCUT2D eigenvalue weighted by Gasteiger charge is -2.40. The fraction of sp³-hybridized carbons (Fsp3) is 0.391. The van der Waals surface area contributed by atoms with Crippen LogP contribution in [0.1, 0.15) is 45.2 Å². The van der Waals surface area contributed by atoms with E-state index in [-0.39, 0.29) is 41.0 Å². The largest absolute Gasteiger partial charge is 0.507 e. The fourth-order valence-electron chi connectivity index (χ4n) is 4.09. The molecule has 1 aliphatic carbocycles. The number of hydrogen-bond acceptors (Lipinski definition) is 13. The van der Waals surface area contributed by atoms with Crippen LogP contribution in [-0.4, -0.2) is 89.9 Å². The smallest absolute Gasteiger partial charge is 0.338 e. The molecule has 1 aliphatic heterocycles. The number of ketones is 1. The van der Waals surface area contributed by atoms with Gasteiger partial charge in [-0.1, -0.05) is 0 Å². The van der Waals surface area contributed by atoms with E-state index >= 15 is 0 Å². The molecule has 0 amide bonds. The SMILES string of the molecule is O=C(OC[C@H]1O[C@@H](Oc2ccc(O)c3c2[C@@H](O)CCC3=O)[C@H](O)[C@@H](O)[C@@H]1O)c1cc(O)c(O)c(O)c1. The third kappa shape index (κ3) is 4.62. The van der Waals surface area contributed by atoms with Crippen LogP contribution >= 0.6 is 0 Å². The van der Waals surface area contributed by atoms with Crippen molar-refractivity contribution in [3.05, 3.63) is 41.0 Å². The van der Waals surface area contributed by atoms with Gasteiger partial charge in [-0.25, -0.2) is 4.79 Å². The topological polar surface area (TPSA) is 224 Å². The summed E-state index contributed by atoms with van der Waals surface area (Å²) in [5, 5.41) is 79.9. The molecule has 13 heteroatoms. The summed E-state index contributed by atoms with van der Waals surface area (Å²) in [6.07, 6.45) is -9.48. The third-order valence-corrected chi connectivity index (χ3v) is 6.04. The van der Waals surface area contributed by atoms with Crippen LogP contribution in [-0.2, 0) is 9.47 Å². The van der Waals surface area contributed by atoms with Crippen molar-refractivity contribution in [3.63, 3.8) is 0 Å². The molecule has 6 atom stereocenters. The molecule has 1 heterocycles. The normalized spacial score (nSPS) is 27.8. The van der Waals surface area contributed by atoms with Gasteiger partial charge in [0.1, 0.15) is 42.5 Å². The van der Waals surface area contributed by atoms with Gasteiger partial charge < -0.3 is 55.1 Å². The number of benzene rings is 2. The Balaban J connectivity index is 1.51. The molecule has 0 radical (unpaired) electrons. The van der Waals surface area contributed by atoms with E-state index in [1.54, 1.807) is 0 Å². The summed E-state index contributed by atoms with van der Waals surface area (Å²) in [5.41, 5.74) is -0.489. The zero-order valence-corrected chi connectivity index (χ0v) is 18.5. The van der Waals surface area contributed by atoms with Gasteiger partial charge in [0.15, 0.2) is 23.0 Å². The number of ether oxygens (including phenoxy) is 3. The summed E-state index contributed by atoms with van der Waals surface area (Å²) in [4.78, 5) is 24.6. The van der Waals surface area contributed by atoms with Crippen molar-refractivity contribution >= 4 is 11.8 Å². The number of esters is 1. The molecule has 0 bridgehead atoms. The van der Waals surface area contributed by atoms with Gasteiger partial charge in [0.2, 0.25) is 6.29 Å². The van der Waals surface area contributed by atoms with Crippen molar-refractivity contribution in [2.45, 2.75) is 49.7 Å². The first-order valence-corrected chi connectivity index (χ1v) is 10.8. The van der Waals surface area contributed by atoms with Gasteiger partial charge >= 0.3 is 5.97 Å². The molecule has 2 aliphatic rings. The second-order valence-corrected chi connectivity index (χ2v) is 8.44. The van der Waals surface area contributed by atoms with Gasteiger partial charge in [-0.15, -0.1) is 0 Å². The van der Waals surface area contributed by atoms with Crippen molar-refractivity contribution in [1.29, 1.82) is 0 Å². The van der Waals surface area contributed by atoms with Crippen LogP contribution < -0.4 is 4.74 Å². The molecule has 2 aromatic carbocycles. The first-order chi connectivity index (χ1) is 17.0. The summed E-state index contributed by atoms with van der Waals surface area (Å²) < 4.78 is 16.1. The summed E-state index contributed by atoms with van der Waals surface area (Å²) in [7, 11) is 0. The van der Waals surface area contributed by atoms with Gasteiger partial charge in [-0.05, 0) is 30.7 Å². The minimum absolute atomic E-state index is 0.00264. The Hall–Kier alpha value is -3.62. The van der Waals surface area contributed by atoms with Crippen molar-refractivity contribution < 1.29 is 64.7 Å². The number of Topliss-reactive ketones (excluding diaryl/α,β-unsaturated/α-hetero) is 1. The Morgan fingerprint density at radius 1 is 0.944 bits per heavy atom. The van der Waals surface area contributed by atoms with Crippen LogP contribution in [0.2, 0.25) is 0 Å². The second-order valence-electron chi connectivity index (χ2n) is 8.44. The van der Waals surface area contributed by atoms with Crippen LogP contribution in [0.15, 0.2) is 24.3 Å². The third-order valence-electron chi connectivity index (χ3n) is 6.04. The Morgan fingerprint density at radius 3 is 2.28 bits per heavy atom. The molecule has 0 spiro atoms. The zero-order chi connectivity index (χ0) is 26.3. The van der Waals surface area contributed by atoms with Crippen molar-refractivity contribution in [2.75, 3.05) is 6.61 Å². The molecule has 1 fully saturated rings. The summed E-state index contributed by atoms with van der Waals surface area (Å²) >= 11 is 0. The molecule has 36 heavy (non-hydrogen) atoms. The Bertz CT molecular complexity index is 1160. The summed E-state index contributed by atoms with van der Waals surface area (Å²) in [5.74, 6) is -4.36. The van der Waals surface area contributed by atoms with E-state index in [1.807, 2.05) is 0 Å². The lowest BCUT2D eigenvalue weighted by atomic mass is 9.87. The molecule has 0 unspecified atom stereocenters. The van der Waals surface area contributed by atoms with Gasteiger partial charge in [0.05, 0.1) is 17.2 Å². The quantitative estimate of drug-likeness (QED) is 0.190. The lowest BCUT2D eigenvalue weighted by molar-refractivity contribution is -0.277. The maximum Gasteiger partial charge on any atom is 0.338 e. The van der Waals surface area contributed by atoms with Gasteiger partial charge in [0.25, 0.3) is 0 Å². The van der Waals surface area contributed by atoms with Crippen LogP contribution in [0.25, 0.3) is 0 Å². The van der Waals surface area contributed by atoms with Gasteiger partial charge in [-0.3, -0.25) is 4.79 Å². The molecular weight excluding hydrogens is 484 g/mol. The lowest BCUT2D eigenvalue weighted by Crippen LogP contribution is -2.60. The maximum atomic E-state index is 12.3. The Morgan fingerprint density at radius 2 is 1.61 bits per heavy atom. The number of hydrogen-bond donors (Lipinski definition) is 8. The molecule has 1 saturated heterocycles. The van der Waals surface area contributed by atoms with Crippen molar-refractivity contribution in [3.8, 4) is 28.7 Å². The first-order valence-electron chi connectivity index (χ1n) is 10.8. The van der Waals surface area contributed by atoms with Crippen LogP contribution in [0.5, 0.6) is 28.7 Å². The van der Waals surface area contributed by atoms with Crippen LogP contribution in [0, 0.1) is 0 Å². The number of aromatic hydroxyl groups is 4. The van der Waals surface area contributed by atoms with Crippen molar-refractivity contribution in [1.82, 2.24) is 0 Å². The fourth-order valence-corrected chi connectivity index (χ4v) is 4.09.